The molecule has 150 valence electrons. The number of nitrogens with zero attached hydrogens (tertiary/aromatic N) is 1. The first-order valence-electron chi connectivity index (χ1n) is 10.5. The molecule has 0 unspecified atom stereocenters. The van der Waals surface area contributed by atoms with E-state index >= 15 is 0 Å². The molecule has 2 aliphatic carbocycles. The minimum Gasteiger partial charge on any atom is -0.497 e. The lowest BCUT2D eigenvalue weighted by molar-refractivity contribution is -0.0298. The van der Waals surface area contributed by atoms with Crippen molar-refractivity contribution in [3.05, 3.63) is 65.2 Å². The summed E-state index contributed by atoms with van der Waals surface area (Å²) in [5.41, 5.74) is 3.95. The van der Waals surface area contributed by atoms with Crippen LogP contribution in [0.5, 0.6) is 5.75 Å². The Morgan fingerprint density at radius 1 is 1.07 bits per heavy atom. The third kappa shape index (κ3) is 4.93. The molecular weight excluding hydrogens is 350 g/mol. The van der Waals surface area contributed by atoms with E-state index in [0.717, 1.165) is 31.6 Å². The van der Waals surface area contributed by atoms with Gasteiger partial charge in [0.25, 0.3) is 0 Å². The fourth-order valence-corrected chi connectivity index (χ4v) is 4.18. The summed E-state index contributed by atoms with van der Waals surface area (Å²) in [6.45, 7) is 1.91. The average Bonchev–Trinajstić information content (AvgIpc) is 3.58. The van der Waals surface area contributed by atoms with E-state index in [0.29, 0.717) is 19.2 Å². The van der Waals surface area contributed by atoms with Crippen LogP contribution in [0.25, 0.3) is 0 Å². The molecule has 1 fully saturated rings. The molecule has 2 aromatic carbocycles. The summed E-state index contributed by atoms with van der Waals surface area (Å²) >= 11 is 0. The van der Waals surface area contributed by atoms with Crippen molar-refractivity contribution in [3.8, 4) is 5.75 Å². The number of hydrogen-bond donors (Lipinski definition) is 1. The van der Waals surface area contributed by atoms with Crippen molar-refractivity contribution in [2.24, 2.45) is 0 Å². The Morgan fingerprint density at radius 2 is 1.86 bits per heavy atom. The van der Waals surface area contributed by atoms with Crippen molar-refractivity contribution in [3.63, 3.8) is 0 Å². The summed E-state index contributed by atoms with van der Waals surface area (Å²) in [7, 11) is 1.69. The number of methoxy groups -OCH3 is 1. The fourth-order valence-electron chi connectivity index (χ4n) is 4.18. The highest BCUT2D eigenvalue weighted by Gasteiger charge is 2.30. The molecular formula is C24H31NO3. The maximum atomic E-state index is 10.6. The van der Waals surface area contributed by atoms with Gasteiger partial charge in [0.15, 0.2) is 0 Å². The molecule has 2 aliphatic rings. The van der Waals surface area contributed by atoms with Crippen molar-refractivity contribution in [1.82, 2.24) is 4.90 Å². The number of aryl methyl sites for hydroxylation is 1. The number of fused-ring (bicyclic) bond motifs is 1. The maximum Gasteiger partial charge on any atom is 0.118 e. The van der Waals surface area contributed by atoms with Gasteiger partial charge in [-0.25, -0.2) is 0 Å². The Morgan fingerprint density at radius 3 is 2.61 bits per heavy atom. The van der Waals surface area contributed by atoms with Gasteiger partial charge in [-0.05, 0) is 60.9 Å². The summed E-state index contributed by atoms with van der Waals surface area (Å²) in [5.74, 6) is 0.878. The van der Waals surface area contributed by atoms with Gasteiger partial charge in [0.1, 0.15) is 5.75 Å². The number of aliphatic hydroxyl groups is 1. The summed E-state index contributed by atoms with van der Waals surface area (Å²) < 4.78 is 11.4. The van der Waals surface area contributed by atoms with Crippen molar-refractivity contribution < 1.29 is 14.6 Å². The fraction of sp³-hybridized carbons (Fsp3) is 0.500. The highest BCUT2D eigenvalue weighted by atomic mass is 16.5. The lowest BCUT2D eigenvalue weighted by Gasteiger charge is -2.29. The molecule has 4 rings (SSSR count). The first-order valence-corrected chi connectivity index (χ1v) is 10.5. The Kier molecular flexibility index (Phi) is 6.30. The third-order valence-electron chi connectivity index (χ3n) is 5.86. The van der Waals surface area contributed by atoms with Crippen LogP contribution in [0.3, 0.4) is 0 Å². The van der Waals surface area contributed by atoms with Gasteiger partial charge in [-0.2, -0.15) is 0 Å². The lowest BCUT2D eigenvalue weighted by atomic mass is 9.89. The largest absolute Gasteiger partial charge is 0.497 e. The molecule has 0 spiro atoms. The van der Waals surface area contributed by atoms with Crippen LogP contribution in [-0.4, -0.2) is 42.4 Å². The first-order chi connectivity index (χ1) is 13.7. The zero-order chi connectivity index (χ0) is 19.3. The van der Waals surface area contributed by atoms with Crippen LogP contribution < -0.4 is 4.74 Å². The van der Waals surface area contributed by atoms with Crippen LogP contribution in [0, 0.1) is 0 Å². The van der Waals surface area contributed by atoms with Gasteiger partial charge in [0.05, 0.1) is 25.9 Å². The molecule has 2 aromatic rings. The van der Waals surface area contributed by atoms with Gasteiger partial charge in [0, 0.05) is 19.1 Å². The second-order valence-electron chi connectivity index (χ2n) is 8.08. The van der Waals surface area contributed by atoms with E-state index in [2.05, 4.69) is 41.3 Å². The van der Waals surface area contributed by atoms with E-state index in [1.165, 1.54) is 29.5 Å². The van der Waals surface area contributed by atoms with Crippen LogP contribution in [0.1, 0.15) is 48.5 Å². The molecule has 0 aromatic heterocycles. The molecule has 1 saturated carbocycles. The smallest absolute Gasteiger partial charge is 0.118 e. The van der Waals surface area contributed by atoms with E-state index in [-0.39, 0.29) is 6.10 Å². The highest BCUT2D eigenvalue weighted by Crippen LogP contribution is 2.33. The average molecular weight is 382 g/mol. The summed E-state index contributed by atoms with van der Waals surface area (Å²) in [6.07, 6.45) is 5.43. The summed E-state index contributed by atoms with van der Waals surface area (Å²) in [5, 5.41) is 10.6. The Labute approximate surface area is 168 Å². The second-order valence-corrected chi connectivity index (χ2v) is 8.08. The number of benzene rings is 2. The van der Waals surface area contributed by atoms with Gasteiger partial charge >= 0.3 is 0 Å². The molecule has 0 bridgehead atoms. The van der Waals surface area contributed by atoms with Crippen molar-refractivity contribution in [1.29, 1.82) is 0 Å². The van der Waals surface area contributed by atoms with Crippen LogP contribution >= 0.6 is 0 Å². The molecule has 4 heteroatoms. The topological polar surface area (TPSA) is 41.9 Å². The van der Waals surface area contributed by atoms with Crippen LogP contribution in [0.15, 0.2) is 48.5 Å². The van der Waals surface area contributed by atoms with E-state index < -0.39 is 6.10 Å². The molecule has 1 N–H and O–H groups in total. The first kappa shape index (κ1) is 19.4. The zero-order valence-corrected chi connectivity index (χ0v) is 16.7. The van der Waals surface area contributed by atoms with Gasteiger partial charge in [-0.15, -0.1) is 0 Å². The monoisotopic (exact) mass is 381 g/mol. The standard InChI is InChI=1S/C24H31NO3/c1-27-22-13-9-18(10-14-22)15-25(20-11-12-20)16-21(26)17-28-24-8-4-6-19-5-2-3-7-23(19)24/h2-3,5,7,9-10,13-14,20-21,24,26H,4,6,8,11-12,15-17H2,1H3/t21-,24+/m0/s1. The highest BCUT2D eigenvalue weighted by molar-refractivity contribution is 5.31. The molecule has 4 nitrogen and oxygen atoms in total. The number of hydrogen-bond acceptors (Lipinski definition) is 4. The molecule has 0 amide bonds. The molecule has 28 heavy (non-hydrogen) atoms. The van der Waals surface area contributed by atoms with E-state index in [9.17, 15) is 5.11 Å². The third-order valence-corrected chi connectivity index (χ3v) is 5.86. The lowest BCUT2D eigenvalue weighted by Crippen LogP contribution is -2.36. The molecule has 0 heterocycles. The van der Waals surface area contributed by atoms with Crippen molar-refractivity contribution >= 4 is 0 Å². The second kappa shape index (κ2) is 9.08. The van der Waals surface area contributed by atoms with E-state index in [4.69, 9.17) is 9.47 Å². The minimum atomic E-state index is -0.465. The number of ether oxygens (including phenoxy) is 2. The van der Waals surface area contributed by atoms with Gasteiger partial charge in [-0.1, -0.05) is 36.4 Å². The van der Waals surface area contributed by atoms with E-state index in [1.807, 2.05) is 12.1 Å². The Hall–Kier alpha value is -1.88. The number of aliphatic hydroxyl groups excluding tert-OH is 1. The maximum absolute atomic E-state index is 10.6. The Bertz CT molecular complexity index is 757. The van der Waals surface area contributed by atoms with Crippen LogP contribution in [-0.2, 0) is 17.7 Å². The summed E-state index contributed by atoms with van der Waals surface area (Å²) in [4.78, 5) is 2.39. The Balaban J connectivity index is 1.31. The zero-order valence-electron chi connectivity index (χ0n) is 16.7. The normalized spacial score (nSPS) is 20.0. The molecule has 0 saturated heterocycles. The predicted molar refractivity (Wildman–Crippen MR) is 111 cm³/mol. The molecule has 0 aliphatic heterocycles. The predicted octanol–water partition coefficient (Wildman–Crippen LogP) is 4.11. The van der Waals surface area contributed by atoms with Gasteiger partial charge in [-0.3, -0.25) is 4.90 Å². The molecule has 2 atom stereocenters. The molecule has 0 radical (unpaired) electrons. The SMILES string of the molecule is COc1ccc(CN(C[C@H](O)CO[C@@H]2CCCc3ccccc32)C2CC2)cc1. The van der Waals surface area contributed by atoms with Crippen LogP contribution in [0.4, 0.5) is 0 Å². The number of rotatable bonds is 9. The minimum absolute atomic E-state index is 0.121. The quantitative estimate of drug-likeness (QED) is 0.710. The van der Waals surface area contributed by atoms with Gasteiger partial charge in [0.2, 0.25) is 0 Å². The van der Waals surface area contributed by atoms with Crippen molar-refractivity contribution in [2.75, 3.05) is 20.3 Å². The summed E-state index contributed by atoms with van der Waals surface area (Å²) in [6, 6.07) is 17.4. The van der Waals surface area contributed by atoms with Crippen molar-refractivity contribution in [2.45, 2.75) is 56.9 Å². The van der Waals surface area contributed by atoms with E-state index in [1.54, 1.807) is 7.11 Å². The van der Waals surface area contributed by atoms with Gasteiger partial charge < -0.3 is 14.6 Å². The van der Waals surface area contributed by atoms with Crippen LogP contribution in [0.2, 0.25) is 0 Å².